The first-order valence-corrected chi connectivity index (χ1v) is 6.91. The van der Waals surface area contributed by atoms with Gasteiger partial charge in [0.1, 0.15) is 17.3 Å². The summed E-state index contributed by atoms with van der Waals surface area (Å²) in [6.07, 6.45) is 0. The van der Waals surface area contributed by atoms with Crippen molar-refractivity contribution >= 4 is 34.9 Å². The Morgan fingerprint density at radius 1 is 1.40 bits per heavy atom. The van der Waals surface area contributed by atoms with Crippen LogP contribution in [-0.2, 0) is 0 Å². The number of H-pyrrole nitrogens is 1. The van der Waals surface area contributed by atoms with Crippen LogP contribution in [0, 0.1) is 17.5 Å². The Bertz CT molecular complexity index is 849. The number of benzene rings is 1. The lowest BCUT2D eigenvalue weighted by Gasteiger charge is -2.12. The van der Waals surface area contributed by atoms with Crippen LogP contribution in [0.5, 0.6) is 0 Å². The highest BCUT2D eigenvalue weighted by Gasteiger charge is 2.17. The van der Waals surface area contributed by atoms with Crippen molar-refractivity contribution in [3.63, 3.8) is 0 Å². The first-order chi connectivity index (χ1) is 9.47. The average Bonchev–Trinajstić information content (AvgIpc) is 2.93. The Morgan fingerprint density at radius 3 is 2.80 bits per heavy atom. The molecule has 1 atom stereocenters. The summed E-state index contributed by atoms with van der Waals surface area (Å²) in [6.45, 7) is 3.86. The molecule has 2 aromatic heterocycles. The van der Waals surface area contributed by atoms with Crippen LogP contribution in [0.1, 0.15) is 24.5 Å². The quantitative estimate of drug-likeness (QED) is 0.676. The second-order valence-corrected chi connectivity index (χ2v) is 5.50. The zero-order chi connectivity index (χ0) is 14.4. The van der Waals surface area contributed by atoms with Crippen molar-refractivity contribution in [1.29, 1.82) is 0 Å². The van der Waals surface area contributed by atoms with Crippen molar-refractivity contribution in [2.24, 2.45) is 0 Å². The van der Waals surface area contributed by atoms with Crippen LogP contribution in [0.2, 0.25) is 5.02 Å². The molecule has 2 heterocycles. The number of hydrogen-bond donors (Lipinski definition) is 1. The molecule has 104 valence electrons. The summed E-state index contributed by atoms with van der Waals surface area (Å²) in [7, 11) is 0. The van der Waals surface area contributed by atoms with E-state index in [0.29, 0.717) is 10.3 Å². The van der Waals surface area contributed by atoms with E-state index in [9.17, 15) is 4.39 Å². The lowest BCUT2D eigenvalue weighted by molar-refractivity contribution is 0.431. The van der Waals surface area contributed by atoms with Crippen molar-refractivity contribution in [3.8, 4) is 0 Å². The van der Waals surface area contributed by atoms with Gasteiger partial charge in [-0.2, -0.15) is 0 Å². The fraction of sp³-hybridized carbons (Fsp3) is 0.214. The molecule has 0 radical (unpaired) electrons. The van der Waals surface area contributed by atoms with Crippen LogP contribution in [0.3, 0.4) is 0 Å². The number of hydrogen-bond acceptors (Lipinski definition) is 2. The molecule has 1 unspecified atom stereocenters. The fourth-order valence-corrected chi connectivity index (χ4v) is 2.83. The van der Waals surface area contributed by atoms with Crippen LogP contribution >= 0.6 is 23.8 Å². The number of nitrogens with zero attached hydrogens (tertiary/aromatic N) is 1. The van der Waals surface area contributed by atoms with E-state index in [0.717, 1.165) is 17.0 Å². The number of aryl methyl sites for hydroxylation is 1. The number of rotatable bonds is 2. The number of fused-ring (bicyclic) bond motifs is 1. The van der Waals surface area contributed by atoms with Gasteiger partial charge >= 0.3 is 0 Å². The van der Waals surface area contributed by atoms with E-state index in [1.807, 2.05) is 30.5 Å². The van der Waals surface area contributed by atoms with E-state index in [-0.39, 0.29) is 11.1 Å². The standard InChI is InChI=1S/C14H12ClFN2OS/c1-7-3-4-13(19-7)8(2)18-12-5-9(15)10(16)6-11(12)17-14(18)20/h3-6,8H,1-2H3,(H,17,20). The molecule has 0 bridgehead atoms. The van der Waals surface area contributed by atoms with E-state index >= 15 is 0 Å². The molecule has 3 nitrogen and oxygen atoms in total. The Morgan fingerprint density at radius 2 is 2.15 bits per heavy atom. The highest BCUT2D eigenvalue weighted by Crippen LogP contribution is 2.28. The third kappa shape index (κ3) is 2.07. The second-order valence-electron chi connectivity index (χ2n) is 4.71. The normalized spacial score (nSPS) is 13.0. The van der Waals surface area contributed by atoms with Crippen LogP contribution in [0.25, 0.3) is 11.0 Å². The molecule has 3 rings (SSSR count). The van der Waals surface area contributed by atoms with Gasteiger partial charge < -0.3 is 14.0 Å². The summed E-state index contributed by atoms with van der Waals surface area (Å²) < 4.78 is 21.5. The predicted octanol–water partition coefficient (Wildman–Crippen LogP) is 5.00. The summed E-state index contributed by atoms with van der Waals surface area (Å²) in [5, 5.41) is 0.0723. The van der Waals surface area contributed by atoms with Gasteiger partial charge in [0.15, 0.2) is 4.77 Å². The third-order valence-electron chi connectivity index (χ3n) is 3.32. The number of aromatic amines is 1. The predicted molar refractivity (Wildman–Crippen MR) is 79.3 cm³/mol. The Balaban J connectivity index is 2.23. The molecule has 0 saturated heterocycles. The van der Waals surface area contributed by atoms with Gasteiger partial charge in [0.25, 0.3) is 0 Å². The first-order valence-electron chi connectivity index (χ1n) is 6.13. The van der Waals surface area contributed by atoms with Gasteiger partial charge in [-0.05, 0) is 44.3 Å². The summed E-state index contributed by atoms with van der Waals surface area (Å²) in [4.78, 5) is 2.99. The molecule has 6 heteroatoms. The van der Waals surface area contributed by atoms with E-state index in [1.165, 1.54) is 6.07 Å². The Kier molecular flexibility index (Phi) is 3.18. The molecule has 3 aromatic rings. The van der Waals surface area contributed by atoms with Crippen LogP contribution in [0.15, 0.2) is 28.7 Å². The molecule has 0 aliphatic carbocycles. The molecule has 20 heavy (non-hydrogen) atoms. The van der Waals surface area contributed by atoms with Crippen molar-refractivity contribution in [3.05, 3.63) is 51.4 Å². The fourth-order valence-electron chi connectivity index (χ4n) is 2.31. The highest BCUT2D eigenvalue weighted by molar-refractivity contribution is 7.71. The summed E-state index contributed by atoms with van der Waals surface area (Å²) in [5.74, 6) is 1.16. The van der Waals surface area contributed by atoms with Crippen LogP contribution in [0.4, 0.5) is 4.39 Å². The molecule has 0 aliphatic heterocycles. The molecular weight excluding hydrogens is 299 g/mol. The topological polar surface area (TPSA) is 33.9 Å². The minimum Gasteiger partial charge on any atom is -0.464 e. The van der Waals surface area contributed by atoms with E-state index in [4.69, 9.17) is 28.2 Å². The lowest BCUT2D eigenvalue weighted by atomic mass is 10.2. The molecule has 0 saturated carbocycles. The highest BCUT2D eigenvalue weighted by atomic mass is 35.5. The zero-order valence-corrected chi connectivity index (χ0v) is 12.5. The number of halogens is 2. The van der Waals surface area contributed by atoms with Gasteiger partial charge in [-0.15, -0.1) is 0 Å². The lowest BCUT2D eigenvalue weighted by Crippen LogP contribution is -2.05. The van der Waals surface area contributed by atoms with Gasteiger partial charge in [-0.3, -0.25) is 0 Å². The molecule has 0 aliphatic rings. The minimum absolute atomic E-state index is 0.0723. The number of furan rings is 1. The number of nitrogens with one attached hydrogen (secondary N) is 1. The second kappa shape index (κ2) is 4.75. The van der Waals surface area contributed by atoms with Gasteiger partial charge in [0.2, 0.25) is 0 Å². The maximum Gasteiger partial charge on any atom is 0.178 e. The number of aromatic nitrogens is 2. The Hall–Kier alpha value is -1.59. The average molecular weight is 311 g/mol. The van der Waals surface area contributed by atoms with Crippen LogP contribution < -0.4 is 0 Å². The smallest absolute Gasteiger partial charge is 0.178 e. The van der Waals surface area contributed by atoms with Gasteiger partial charge in [0, 0.05) is 6.07 Å². The van der Waals surface area contributed by atoms with E-state index < -0.39 is 5.82 Å². The summed E-state index contributed by atoms with van der Waals surface area (Å²) in [6, 6.07) is 6.63. The van der Waals surface area contributed by atoms with Crippen molar-refractivity contribution < 1.29 is 8.81 Å². The zero-order valence-electron chi connectivity index (χ0n) is 10.9. The molecule has 1 aromatic carbocycles. The third-order valence-corrected chi connectivity index (χ3v) is 3.91. The van der Waals surface area contributed by atoms with Gasteiger partial charge in [-0.1, -0.05) is 11.6 Å². The van der Waals surface area contributed by atoms with Gasteiger partial charge in [-0.25, -0.2) is 4.39 Å². The maximum atomic E-state index is 13.5. The van der Waals surface area contributed by atoms with Crippen molar-refractivity contribution in [1.82, 2.24) is 9.55 Å². The van der Waals surface area contributed by atoms with Crippen molar-refractivity contribution in [2.45, 2.75) is 19.9 Å². The Labute approximate surface area is 125 Å². The SMILES string of the molecule is Cc1ccc(C(C)n2c(=S)[nH]c3cc(F)c(Cl)cc32)o1. The van der Waals surface area contributed by atoms with Crippen LogP contribution in [-0.4, -0.2) is 9.55 Å². The monoisotopic (exact) mass is 310 g/mol. The summed E-state index contributed by atoms with van der Waals surface area (Å²) >= 11 is 11.2. The van der Waals surface area contributed by atoms with Crippen molar-refractivity contribution in [2.75, 3.05) is 0 Å². The first kappa shape index (κ1) is 13.4. The van der Waals surface area contributed by atoms with Gasteiger partial charge in [0.05, 0.1) is 22.1 Å². The minimum atomic E-state index is -0.468. The molecule has 1 N–H and O–H groups in total. The van der Waals surface area contributed by atoms with E-state index in [2.05, 4.69) is 4.98 Å². The molecule has 0 spiro atoms. The molecule has 0 amide bonds. The molecular formula is C14H12ClFN2OS. The summed E-state index contributed by atoms with van der Waals surface area (Å²) in [5.41, 5.74) is 1.37. The van der Waals surface area contributed by atoms with E-state index in [1.54, 1.807) is 6.07 Å². The largest absolute Gasteiger partial charge is 0.464 e. The number of imidazole rings is 1. The maximum absolute atomic E-state index is 13.5. The molecule has 0 fully saturated rings.